The number of pyridine rings is 1. The van der Waals surface area contributed by atoms with Gasteiger partial charge < -0.3 is 10.5 Å². The van der Waals surface area contributed by atoms with Gasteiger partial charge in [-0.25, -0.2) is 13.8 Å². The van der Waals surface area contributed by atoms with Gasteiger partial charge in [0.25, 0.3) is 6.43 Å². The summed E-state index contributed by atoms with van der Waals surface area (Å²) in [7, 11) is 0. The Kier molecular flexibility index (Phi) is 4.42. The molecule has 1 aromatic heterocycles. The standard InChI is InChI=1S/C9H6F8N2O/c10-7(11)5-6(20-9(15,16)17)3(2-18)1-4(19-5)8(12,13)14/h1,7H,2,18H2. The molecule has 0 amide bonds. The van der Waals surface area contributed by atoms with E-state index in [4.69, 9.17) is 5.73 Å². The molecule has 1 aromatic rings. The van der Waals surface area contributed by atoms with E-state index in [9.17, 15) is 35.1 Å². The number of ether oxygens (including phenoxy) is 1. The molecule has 2 N–H and O–H groups in total. The lowest BCUT2D eigenvalue weighted by molar-refractivity contribution is -0.275. The Hall–Kier alpha value is -1.65. The van der Waals surface area contributed by atoms with E-state index in [1.165, 1.54) is 0 Å². The molecule has 0 atom stereocenters. The third-order valence-corrected chi connectivity index (χ3v) is 2.01. The number of nitrogens with zero attached hydrogens (tertiary/aromatic N) is 1. The predicted octanol–water partition coefficient (Wildman–Crippen LogP) is 3.40. The maximum Gasteiger partial charge on any atom is 0.573 e. The van der Waals surface area contributed by atoms with Gasteiger partial charge in [0.05, 0.1) is 0 Å². The zero-order valence-corrected chi connectivity index (χ0v) is 9.32. The van der Waals surface area contributed by atoms with E-state index in [1.54, 1.807) is 0 Å². The number of hydrogen-bond donors (Lipinski definition) is 1. The third kappa shape index (κ3) is 3.92. The van der Waals surface area contributed by atoms with Crippen LogP contribution in [0.4, 0.5) is 35.1 Å². The van der Waals surface area contributed by atoms with Crippen LogP contribution in [0.25, 0.3) is 0 Å². The Labute approximate surface area is 106 Å². The van der Waals surface area contributed by atoms with Crippen molar-refractivity contribution in [1.29, 1.82) is 0 Å². The minimum absolute atomic E-state index is 0.132. The summed E-state index contributed by atoms with van der Waals surface area (Å²) < 4.78 is 102. The lowest BCUT2D eigenvalue weighted by Crippen LogP contribution is -2.22. The van der Waals surface area contributed by atoms with Crippen LogP contribution in [0.3, 0.4) is 0 Å². The largest absolute Gasteiger partial charge is 0.573 e. The summed E-state index contributed by atoms with van der Waals surface area (Å²) in [6.45, 7) is -0.864. The maximum atomic E-state index is 12.6. The molecule has 0 fully saturated rings. The highest BCUT2D eigenvalue weighted by molar-refractivity contribution is 5.40. The van der Waals surface area contributed by atoms with Gasteiger partial charge in [-0.1, -0.05) is 0 Å². The topological polar surface area (TPSA) is 48.1 Å². The van der Waals surface area contributed by atoms with Crippen LogP contribution in [-0.2, 0) is 12.7 Å². The van der Waals surface area contributed by atoms with Crippen LogP contribution in [-0.4, -0.2) is 11.3 Å². The van der Waals surface area contributed by atoms with Crippen molar-refractivity contribution < 1.29 is 39.9 Å². The summed E-state index contributed by atoms with van der Waals surface area (Å²) in [4.78, 5) is 2.48. The predicted molar refractivity (Wildman–Crippen MR) is 48.8 cm³/mol. The quantitative estimate of drug-likeness (QED) is 0.871. The van der Waals surface area contributed by atoms with E-state index in [0.717, 1.165) is 0 Å². The lowest BCUT2D eigenvalue weighted by Gasteiger charge is -2.17. The van der Waals surface area contributed by atoms with E-state index in [2.05, 4.69) is 9.72 Å². The second-order valence-corrected chi connectivity index (χ2v) is 3.43. The number of rotatable bonds is 3. The SMILES string of the molecule is NCc1cc(C(F)(F)F)nc(C(F)F)c1OC(F)(F)F. The van der Waals surface area contributed by atoms with E-state index >= 15 is 0 Å². The molecule has 0 saturated heterocycles. The van der Waals surface area contributed by atoms with Crippen LogP contribution in [0.15, 0.2) is 6.07 Å². The molecular weight excluding hydrogens is 304 g/mol. The van der Waals surface area contributed by atoms with Crippen LogP contribution in [0, 0.1) is 0 Å². The number of halogens is 8. The molecule has 20 heavy (non-hydrogen) atoms. The minimum atomic E-state index is -5.37. The van der Waals surface area contributed by atoms with Crippen molar-refractivity contribution in [2.24, 2.45) is 5.73 Å². The second kappa shape index (κ2) is 5.38. The highest BCUT2D eigenvalue weighted by Crippen LogP contribution is 2.38. The number of nitrogens with two attached hydrogens (primary N) is 1. The molecule has 1 heterocycles. The van der Waals surface area contributed by atoms with Crippen molar-refractivity contribution in [1.82, 2.24) is 4.98 Å². The molecule has 0 radical (unpaired) electrons. The summed E-state index contributed by atoms with van der Waals surface area (Å²) in [6.07, 6.45) is -14.2. The van der Waals surface area contributed by atoms with Crippen molar-refractivity contribution in [2.45, 2.75) is 25.5 Å². The fourth-order valence-corrected chi connectivity index (χ4v) is 1.29. The fourth-order valence-electron chi connectivity index (χ4n) is 1.29. The minimum Gasteiger partial charge on any atom is -0.403 e. The van der Waals surface area contributed by atoms with E-state index in [1.807, 2.05) is 0 Å². The van der Waals surface area contributed by atoms with Gasteiger partial charge in [-0.2, -0.15) is 13.2 Å². The first-order valence-corrected chi connectivity index (χ1v) is 4.80. The zero-order valence-electron chi connectivity index (χ0n) is 9.32. The maximum absolute atomic E-state index is 12.6. The lowest BCUT2D eigenvalue weighted by atomic mass is 10.1. The summed E-state index contributed by atoms with van der Waals surface area (Å²) in [6, 6.07) is 0.132. The van der Waals surface area contributed by atoms with Crippen molar-refractivity contribution in [3.63, 3.8) is 0 Å². The molecule has 0 spiro atoms. The Morgan fingerprint density at radius 3 is 2.05 bits per heavy atom. The van der Waals surface area contributed by atoms with Gasteiger partial charge in [0.2, 0.25) is 0 Å². The molecule has 0 unspecified atom stereocenters. The molecule has 3 nitrogen and oxygen atoms in total. The molecule has 1 rings (SSSR count). The third-order valence-electron chi connectivity index (χ3n) is 2.01. The number of hydrogen-bond acceptors (Lipinski definition) is 3. The van der Waals surface area contributed by atoms with E-state index in [0.29, 0.717) is 0 Å². The molecule has 0 aliphatic rings. The van der Waals surface area contributed by atoms with Crippen LogP contribution < -0.4 is 10.5 Å². The first-order valence-electron chi connectivity index (χ1n) is 4.80. The van der Waals surface area contributed by atoms with Crippen molar-refractivity contribution in [3.8, 4) is 5.75 Å². The van der Waals surface area contributed by atoms with Gasteiger partial charge >= 0.3 is 12.5 Å². The molecule has 0 aliphatic heterocycles. The molecular formula is C9H6F8N2O. The van der Waals surface area contributed by atoms with Gasteiger partial charge in [-0.15, -0.1) is 13.2 Å². The smallest absolute Gasteiger partial charge is 0.403 e. The molecule has 0 aromatic carbocycles. The van der Waals surface area contributed by atoms with Crippen LogP contribution in [0.2, 0.25) is 0 Å². The van der Waals surface area contributed by atoms with Gasteiger partial charge in [0.1, 0.15) is 11.4 Å². The van der Waals surface area contributed by atoms with E-state index < -0.39 is 48.2 Å². The van der Waals surface area contributed by atoms with Gasteiger partial charge in [0.15, 0.2) is 5.75 Å². The van der Waals surface area contributed by atoms with Crippen molar-refractivity contribution in [3.05, 3.63) is 23.0 Å². The molecule has 11 heteroatoms. The van der Waals surface area contributed by atoms with E-state index in [-0.39, 0.29) is 6.07 Å². The van der Waals surface area contributed by atoms with Gasteiger partial charge in [-0.05, 0) is 6.07 Å². The Morgan fingerprint density at radius 2 is 1.70 bits per heavy atom. The first-order chi connectivity index (χ1) is 8.95. The monoisotopic (exact) mass is 310 g/mol. The summed E-state index contributed by atoms with van der Waals surface area (Å²) in [5.74, 6) is -1.51. The van der Waals surface area contributed by atoms with Gasteiger partial charge in [0, 0.05) is 12.1 Å². The average Bonchev–Trinajstić information content (AvgIpc) is 2.25. The first kappa shape index (κ1) is 16.4. The average molecular weight is 310 g/mol. The van der Waals surface area contributed by atoms with Crippen LogP contribution >= 0.6 is 0 Å². The fraction of sp³-hybridized carbons (Fsp3) is 0.444. The highest BCUT2D eigenvalue weighted by atomic mass is 19.4. The highest BCUT2D eigenvalue weighted by Gasteiger charge is 2.39. The normalized spacial score (nSPS) is 12.9. The van der Waals surface area contributed by atoms with Crippen molar-refractivity contribution in [2.75, 3.05) is 0 Å². The summed E-state index contributed by atoms with van der Waals surface area (Å²) in [5.41, 5.74) is 0.547. The summed E-state index contributed by atoms with van der Waals surface area (Å²) in [5, 5.41) is 0. The number of alkyl halides is 8. The zero-order chi connectivity index (χ0) is 15.7. The molecule has 0 saturated carbocycles. The number of aromatic nitrogens is 1. The Morgan fingerprint density at radius 1 is 1.15 bits per heavy atom. The van der Waals surface area contributed by atoms with Gasteiger partial charge in [-0.3, -0.25) is 0 Å². The molecule has 0 bridgehead atoms. The molecule has 114 valence electrons. The van der Waals surface area contributed by atoms with Crippen LogP contribution in [0.5, 0.6) is 5.75 Å². The van der Waals surface area contributed by atoms with Crippen LogP contribution in [0.1, 0.15) is 23.4 Å². The molecule has 0 aliphatic carbocycles. The van der Waals surface area contributed by atoms with Crippen molar-refractivity contribution >= 4 is 0 Å². The Bertz CT molecular complexity index is 482. The Balaban J connectivity index is 3.49. The second-order valence-electron chi connectivity index (χ2n) is 3.43. The summed E-state index contributed by atoms with van der Waals surface area (Å²) >= 11 is 0.